The number of anilines is 2. The molecule has 32 heavy (non-hydrogen) atoms. The van der Waals surface area contributed by atoms with Gasteiger partial charge in [0.25, 0.3) is 0 Å². The second kappa shape index (κ2) is 11.2. The number of nitrogens with two attached hydrogens (primary N) is 1. The lowest BCUT2D eigenvalue weighted by atomic mass is 10.2. The van der Waals surface area contributed by atoms with Crippen molar-refractivity contribution < 1.29 is 0 Å². The fourth-order valence-corrected chi connectivity index (χ4v) is 4.20. The van der Waals surface area contributed by atoms with Crippen molar-refractivity contribution in [2.24, 2.45) is 4.99 Å². The molecule has 1 aromatic carbocycles. The van der Waals surface area contributed by atoms with Crippen LogP contribution in [0, 0.1) is 6.92 Å². The van der Waals surface area contributed by atoms with Crippen LogP contribution in [0.25, 0.3) is 0 Å². The molecular formula is C24H35N7S. The summed E-state index contributed by atoms with van der Waals surface area (Å²) < 4.78 is 0. The van der Waals surface area contributed by atoms with E-state index in [2.05, 4.69) is 71.3 Å². The van der Waals surface area contributed by atoms with E-state index in [-0.39, 0.29) is 0 Å². The number of aliphatic imine (C=N–C) groups is 1. The third kappa shape index (κ3) is 6.90. The molecule has 0 saturated carbocycles. The van der Waals surface area contributed by atoms with Crippen molar-refractivity contribution >= 4 is 29.1 Å². The number of nitrogen functional groups attached to an aromatic ring is 1. The van der Waals surface area contributed by atoms with Crippen molar-refractivity contribution in [3.8, 4) is 0 Å². The van der Waals surface area contributed by atoms with Crippen molar-refractivity contribution in [1.82, 2.24) is 20.0 Å². The summed E-state index contributed by atoms with van der Waals surface area (Å²) in [6.45, 7) is 12.3. The minimum Gasteiger partial charge on any atom is -0.399 e. The maximum atomic E-state index is 5.87. The highest BCUT2D eigenvalue weighted by molar-refractivity contribution is 8.03. The van der Waals surface area contributed by atoms with E-state index in [0.29, 0.717) is 0 Å². The van der Waals surface area contributed by atoms with E-state index in [1.807, 2.05) is 25.1 Å². The summed E-state index contributed by atoms with van der Waals surface area (Å²) in [7, 11) is 2.17. The summed E-state index contributed by atoms with van der Waals surface area (Å²) in [6, 6.07) is 9.97. The van der Waals surface area contributed by atoms with Crippen molar-refractivity contribution in [2.45, 2.75) is 39.0 Å². The molecule has 172 valence electrons. The number of piperazine rings is 1. The van der Waals surface area contributed by atoms with Gasteiger partial charge in [0.2, 0.25) is 0 Å². The van der Waals surface area contributed by atoms with Crippen molar-refractivity contribution in [1.29, 1.82) is 0 Å². The zero-order valence-electron chi connectivity index (χ0n) is 19.8. The summed E-state index contributed by atoms with van der Waals surface area (Å²) in [5.74, 6) is 1.78. The first-order chi connectivity index (χ1) is 15.3. The maximum absolute atomic E-state index is 5.87. The largest absolute Gasteiger partial charge is 0.399 e. The summed E-state index contributed by atoms with van der Waals surface area (Å²) in [4.78, 5) is 11.0. The molecule has 4 N–H and O–H groups in total. The predicted octanol–water partition coefficient (Wildman–Crippen LogP) is 4.70. The number of benzene rings is 1. The van der Waals surface area contributed by atoms with Crippen molar-refractivity contribution in [2.75, 3.05) is 44.3 Å². The van der Waals surface area contributed by atoms with E-state index < -0.39 is 0 Å². The van der Waals surface area contributed by atoms with Gasteiger partial charge in [-0.1, -0.05) is 18.7 Å². The van der Waals surface area contributed by atoms with Gasteiger partial charge in [-0.3, -0.25) is 5.10 Å². The number of amidine groups is 1. The predicted molar refractivity (Wildman–Crippen MR) is 137 cm³/mol. The van der Waals surface area contributed by atoms with Gasteiger partial charge in [0.15, 0.2) is 5.82 Å². The maximum Gasteiger partial charge on any atom is 0.152 e. The molecule has 1 fully saturated rings. The van der Waals surface area contributed by atoms with E-state index in [1.165, 1.54) is 5.57 Å². The Balaban J connectivity index is 1.92. The quantitative estimate of drug-likeness (QED) is 0.244. The van der Waals surface area contributed by atoms with Crippen LogP contribution in [0.3, 0.4) is 0 Å². The van der Waals surface area contributed by atoms with Gasteiger partial charge in [0.05, 0.1) is 0 Å². The van der Waals surface area contributed by atoms with E-state index in [1.54, 1.807) is 11.8 Å². The molecule has 0 atom stereocenters. The second-order valence-electron chi connectivity index (χ2n) is 8.26. The third-order valence-electron chi connectivity index (χ3n) is 5.41. The molecule has 2 aromatic rings. The number of likely N-dealkylation sites (N-methyl/N-ethyl adjacent to an activating group) is 1. The highest BCUT2D eigenvalue weighted by Gasteiger charge is 2.18. The van der Waals surface area contributed by atoms with Crippen LogP contribution in [0.4, 0.5) is 11.5 Å². The highest BCUT2D eigenvalue weighted by Crippen LogP contribution is 2.32. The summed E-state index contributed by atoms with van der Waals surface area (Å²) in [5, 5.41) is 11.7. The highest BCUT2D eigenvalue weighted by atomic mass is 32.2. The molecule has 1 aliphatic heterocycles. The Morgan fingerprint density at radius 3 is 2.50 bits per heavy atom. The van der Waals surface area contributed by atoms with Crippen LogP contribution < -0.4 is 11.1 Å². The number of hydrogen-bond acceptors (Lipinski definition) is 6. The van der Waals surface area contributed by atoms with Crippen molar-refractivity contribution in [3.05, 3.63) is 58.4 Å². The summed E-state index contributed by atoms with van der Waals surface area (Å²) >= 11 is 1.69. The van der Waals surface area contributed by atoms with Gasteiger partial charge in [-0.25, -0.2) is 4.99 Å². The van der Waals surface area contributed by atoms with Gasteiger partial charge < -0.3 is 20.9 Å². The van der Waals surface area contributed by atoms with E-state index in [4.69, 9.17) is 10.7 Å². The number of rotatable bonds is 7. The lowest BCUT2D eigenvalue weighted by Gasteiger charge is -2.34. The monoisotopic (exact) mass is 453 g/mol. The number of aromatic nitrogens is 2. The molecular weight excluding hydrogens is 418 g/mol. The molecule has 1 aromatic heterocycles. The molecule has 0 spiro atoms. The van der Waals surface area contributed by atoms with Gasteiger partial charge in [-0.05, 0) is 70.2 Å². The van der Waals surface area contributed by atoms with Gasteiger partial charge in [-0.2, -0.15) is 5.10 Å². The van der Waals surface area contributed by atoms with Crippen LogP contribution in [-0.2, 0) is 0 Å². The average molecular weight is 454 g/mol. The number of thioether (sulfide) groups is 1. The number of aryl methyl sites for hydroxylation is 1. The van der Waals surface area contributed by atoms with Crippen LogP contribution in [0.15, 0.2) is 62.6 Å². The first-order valence-corrected chi connectivity index (χ1v) is 11.9. The minimum absolute atomic E-state index is 0.770. The molecule has 2 heterocycles. The SMILES string of the molecule is CC/C(C)=C(/N=C(\C=C(/C)Nc1cc(C)[nH]n1)N1CCN(C)CC1)Sc1ccc(N)cc1. The summed E-state index contributed by atoms with van der Waals surface area (Å²) in [6.07, 6.45) is 3.08. The molecule has 0 aliphatic carbocycles. The Hall–Kier alpha value is -2.71. The first kappa shape index (κ1) is 23.9. The molecule has 1 saturated heterocycles. The Bertz CT molecular complexity index is 980. The number of hydrogen-bond donors (Lipinski definition) is 3. The van der Waals surface area contributed by atoms with Gasteiger partial charge in [0.1, 0.15) is 10.9 Å². The Kier molecular flexibility index (Phi) is 8.41. The topological polar surface area (TPSA) is 85.6 Å². The Morgan fingerprint density at radius 2 is 1.91 bits per heavy atom. The molecule has 7 nitrogen and oxygen atoms in total. The first-order valence-electron chi connectivity index (χ1n) is 11.1. The number of nitrogens with one attached hydrogen (secondary N) is 2. The van der Waals surface area contributed by atoms with E-state index in [0.717, 1.165) is 71.3 Å². The Morgan fingerprint density at radius 1 is 1.22 bits per heavy atom. The normalized spacial score (nSPS) is 16.8. The lowest BCUT2D eigenvalue weighted by molar-refractivity contribution is 0.216. The molecule has 0 radical (unpaired) electrons. The molecule has 0 unspecified atom stereocenters. The Labute approximate surface area is 195 Å². The molecule has 0 bridgehead atoms. The third-order valence-corrected chi connectivity index (χ3v) is 6.55. The van der Waals surface area contributed by atoms with Crippen LogP contribution in [0.2, 0.25) is 0 Å². The lowest BCUT2D eigenvalue weighted by Crippen LogP contribution is -2.46. The van der Waals surface area contributed by atoms with E-state index in [9.17, 15) is 0 Å². The minimum atomic E-state index is 0.770. The fraction of sp³-hybridized carbons (Fsp3) is 0.417. The smallest absolute Gasteiger partial charge is 0.152 e. The molecule has 0 amide bonds. The molecule has 8 heteroatoms. The van der Waals surface area contributed by atoms with Gasteiger partial charge in [0, 0.05) is 54.2 Å². The second-order valence-corrected chi connectivity index (χ2v) is 9.32. The van der Waals surface area contributed by atoms with Crippen LogP contribution >= 0.6 is 11.8 Å². The van der Waals surface area contributed by atoms with Crippen LogP contribution in [-0.4, -0.2) is 59.1 Å². The zero-order chi connectivity index (χ0) is 23.1. The number of nitrogens with zero attached hydrogens (tertiary/aromatic N) is 4. The van der Waals surface area contributed by atoms with Gasteiger partial charge >= 0.3 is 0 Å². The van der Waals surface area contributed by atoms with Gasteiger partial charge in [-0.15, -0.1) is 0 Å². The summed E-state index contributed by atoms with van der Waals surface area (Å²) in [5.41, 5.74) is 9.93. The average Bonchev–Trinajstić information content (AvgIpc) is 3.18. The van der Waals surface area contributed by atoms with Crippen LogP contribution in [0.5, 0.6) is 0 Å². The zero-order valence-corrected chi connectivity index (χ0v) is 20.6. The van der Waals surface area contributed by atoms with E-state index >= 15 is 0 Å². The molecule has 1 aliphatic rings. The standard InChI is InChI=1S/C24H35N7S/c1-6-17(2)24(32-21-9-7-20(25)8-10-21)27-23(31-13-11-30(5)12-14-31)16-18(3)26-22-15-19(4)28-29-22/h7-10,15-16H,6,11-14,25H2,1-5H3,(H2,26,28,29)/b18-16+,24-17-,27-23+. The fourth-order valence-electron chi connectivity index (χ4n) is 3.25. The van der Waals surface area contributed by atoms with Crippen molar-refractivity contribution in [3.63, 3.8) is 0 Å². The number of aromatic amines is 1. The van der Waals surface area contributed by atoms with Crippen LogP contribution in [0.1, 0.15) is 32.9 Å². The number of H-pyrrole nitrogens is 1. The number of allylic oxidation sites excluding steroid dienone is 2. The molecule has 3 rings (SSSR count).